The molecule has 1 heterocycles. The van der Waals surface area contributed by atoms with Crippen LogP contribution in [0.15, 0.2) is 42.6 Å². The topological polar surface area (TPSA) is 58.0 Å². The molecule has 0 bridgehead atoms. The van der Waals surface area contributed by atoms with Crippen LogP contribution in [0.3, 0.4) is 0 Å². The summed E-state index contributed by atoms with van der Waals surface area (Å²) in [6.45, 7) is 0. The SMILES string of the molecule is C[N+](=O)c1cc2cn[nH]c2cc1Oc1cccc(F)c1. The molecule has 1 N–H and O–H groups in total. The molecule has 3 rings (SSSR count). The number of ether oxygens (including phenoxy) is 1. The summed E-state index contributed by atoms with van der Waals surface area (Å²) in [5, 5.41) is 7.50. The summed E-state index contributed by atoms with van der Waals surface area (Å²) in [6.07, 6.45) is 1.62. The van der Waals surface area contributed by atoms with Gasteiger partial charge in [-0.3, -0.25) is 5.10 Å². The van der Waals surface area contributed by atoms with Gasteiger partial charge in [0, 0.05) is 33.3 Å². The van der Waals surface area contributed by atoms with Crippen molar-refractivity contribution in [1.29, 1.82) is 0 Å². The number of hydrogen-bond donors (Lipinski definition) is 1. The Morgan fingerprint density at radius 3 is 2.90 bits per heavy atom. The minimum absolute atomic E-state index is 0.326. The molecule has 0 amide bonds. The lowest BCUT2D eigenvalue weighted by molar-refractivity contribution is -0.428. The molecule has 0 aliphatic rings. The summed E-state index contributed by atoms with van der Waals surface area (Å²) in [5.41, 5.74) is 1.09. The molecule has 0 fully saturated rings. The number of benzene rings is 2. The Hall–Kier alpha value is -2.76. The van der Waals surface area contributed by atoms with E-state index in [1.165, 1.54) is 19.2 Å². The van der Waals surface area contributed by atoms with E-state index in [0.717, 1.165) is 10.9 Å². The van der Waals surface area contributed by atoms with Gasteiger partial charge in [-0.05, 0) is 12.1 Å². The van der Waals surface area contributed by atoms with Gasteiger partial charge in [-0.25, -0.2) is 4.39 Å². The number of rotatable bonds is 3. The second kappa shape index (κ2) is 4.73. The van der Waals surface area contributed by atoms with E-state index in [9.17, 15) is 9.30 Å². The van der Waals surface area contributed by atoms with Crippen molar-refractivity contribution in [3.8, 4) is 11.5 Å². The van der Waals surface area contributed by atoms with Crippen molar-refractivity contribution >= 4 is 16.6 Å². The second-order valence-electron chi connectivity index (χ2n) is 4.33. The fraction of sp³-hybridized carbons (Fsp3) is 0.0714. The van der Waals surface area contributed by atoms with E-state index < -0.39 is 5.82 Å². The van der Waals surface area contributed by atoms with Crippen molar-refractivity contribution < 1.29 is 13.9 Å². The Kier molecular flexibility index (Phi) is 2.90. The summed E-state index contributed by atoms with van der Waals surface area (Å²) in [5.74, 6) is 0.263. The number of H-pyrrole nitrogens is 1. The number of aromatic nitrogens is 2. The summed E-state index contributed by atoms with van der Waals surface area (Å²) in [4.78, 5) is 11.6. The third-order valence-electron chi connectivity index (χ3n) is 2.88. The van der Waals surface area contributed by atoms with Crippen LogP contribution in [0.4, 0.5) is 10.1 Å². The Labute approximate surface area is 113 Å². The number of hydrogen-bond acceptors (Lipinski definition) is 3. The highest BCUT2D eigenvalue weighted by Gasteiger charge is 2.19. The third kappa shape index (κ3) is 2.23. The van der Waals surface area contributed by atoms with Crippen LogP contribution >= 0.6 is 0 Å². The zero-order valence-corrected chi connectivity index (χ0v) is 10.6. The van der Waals surface area contributed by atoms with Crippen LogP contribution in [-0.4, -0.2) is 22.0 Å². The summed E-state index contributed by atoms with van der Waals surface area (Å²) in [7, 11) is 1.37. The highest BCUT2D eigenvalue weighted by atomic mass is 19.1. The first-order valence-electron chi connectivity index (χ1n) is 5.95. The smallest absolute Gasteiger partial charge is 0.298 e. The molecule has 0 aliphatic heterocycles. The van der Waals surface area contributed by atoms with Gasteiger partial charge in [0.25, 0.3) is 5.69 Å². The monoisotopic (exact) mass is 272 g/mol. The van der Waals surface area contributed by atoms with Crippen molar-refractivity contribution in [1.82, 2.24) is 10.2 Å². The lowest BCUT2D eigenvalue weighted by Gasteiger charge is -2.06. The molecule has 6 heteroatoms. The molecule has 100 valence electrons. The molecule has 0 aliphatic carbocycles. The van der Waals surface area contributed by atoms with Gasteiger partial charge in [0.2, 0.25) is 5.75 Å². The number of fused-ring (bicyclic) bond motifs is 1. The Balaban J connectivity index is 2.09. The molecule has 3 aromatic rings. The molecule has 1 aromatic heterocycles. The standard InChI is InChI=1S/C14H11FN3O2/c1-18(19)13-5-9-8-16-17-12(9)7-14(13)20-11-4-2-3-10(15)6-11/h2-8H,1H3,(H,16,17)/q+1. The number of nitrogens with one attached hydrogen (secondary N) is 1. The summed E-state index contributed by atoms with van der Waals surface area (Å²) >= 11 is 0. The largest absolute Gasteiger partial charge is 0.450 e. The van der Waals surface area contributed by atoms with E-state index in [4.69, 9.17) is 4.74 Å². The minimum atomic E-state index is -0.401. The number of halogens is 1. The summed E-state index contributed by atoms with van der Waals surface area (Å²) < 4.78 is 19.5. The van der Waals surface area contributed by atoms with Gasteiger partial charge in [0.15, 0.2) is 7.05 Å². The molecule has 5 nitrogen and oxygen atoms in total. The van der Waals surface area contributed by atoms with Crippen LogP contribution in [0.1, 0.15) is 0 Å². The first-order chi connectivity index (χ1) is 9.63. The normalized spacial score (nSPS) is 10.7. The fourth-order valence-corrected chi connectivity index (χ4v) is 1.94. The van der Waals surface area contributed by atoms with Gasteiger partial charge in [-0.2, -0.15) is 5.10 Å². The first-order valence-corrected chi connectivity index (χ1v) is 5.95. The fourth-order valence-electron chi connectivity index (χ4n) is 1.94. The molecule has 2 aromatic carbocycles. The van der Waals surface area contributed by atoms with Gasteiger partial charge in [0.05, 0.1) is 11.7 Å². The van der Waals surface area contributed by atoms with Crippen LogP contribution in [0.5, 0.6) is 11.5 Å². The van der Waals surface area contributed by atoms with E-state index in [2.05, 4.69) is 10.2 Å². The lowest BCUT2D eigenvalue weighted by atomic mass is 10.2. The van der Waals surface area contributed by atoms with Gasteiger partial charge in [-0.15, -0.1) is 0 Å². The number of aromatic amines is 1. The van der Waals surface area contributed by atoms with Crippen molar-refractivity contribution in [3.05, 3.63) is 53.3 Å². The number of nitrogens with zero attached hydrogens (tertiary/aromatic N) is 2. The van der Waals surface area contributed by atoms with Crippen molar-refractivity contribution in [2.75, 3.05) is 7.05 Å². The predicted molar refractivity (Wildman–Crippen MR) is 71.8 cm³/mol. The average Bonchev–Trinajstić information content (AvgIpc) is 2.84. The summed E-state index contributed by atoms with van der Waals surface area (Å²) in [6, 6.07) is 9.07. The van der Waals surface area contributed by atoms with E-state index >= 15 is 0 Å². The molecule has 20 heavy (non-hydrogen) atoms. The van der Waals surface area contributed by atoms with Crippen LogP contribution < -0.4 is 4.74 Å². The van der Waals surface area contributed by atoms with E-state index in [1.54, 1.807) is 30.5 Å². The second-order valence-corrected chi connectivity index (χ2v) is 4.33. The first kappa shape index (κ1) is 12.3. The van der Waals surface area contributed by atoms with E-state index in [1.807, 2.05) is 0 Å². The van der Waals surface area contributed by atoms with Crippen LogP contribution in [-0.2, 0) is 0 Å². The Bertz CT molecular complexity index is 798. The highest BCUT2D eigenvalue weighted by molar-refractivity contribution is 5.83. The zero-order chi connectivity index (χ0) is 14.1. The van der Waals surface area contributed by atoms with Crippen LogP contribution in [0.25, 0.3) is 10.9 Å². The maximum absolute atomic E-state index is 13.2. The van der Waals surface area contributed by atoms with Crippen molar-refractivity contribution in [2.45, 2.75) is 0 Å². The van der Waals surface area contributed by atoms with Gasteiger partial charge in [-0.1, -0.05) is 6.07 Å². The van der Waals surface area contributed by atoms with Gasteiger partial charge in [0.1, 0.15) is 11.6 Å². The average molecular weight is 272 g/mol. The maximum atomic E-state index is 13.2. The molecule has 0 spiro atoms. The quantitative estimate of drug-likeness (QED) is 0.742. The van der Waals surface area contributed by atoms with Gasteiger partial charge < -0.3 is 4.74 Å². The van der Waals surface area contributed by atoms with Crippen LogP contribution in [0, 0.1) is 10.7 Å². The minimum Gasteiger partial charge on any atom is -0.450 e. The predicted octanol–water partition coefficient (Wildman–Crippen LogP) is 3.53. The third-order valence-corrected chi connectivity index (χ3v) is 2.88. The van der Waals surface area contributed by atoms with Crippen LogP contribution in [0.2, 0.25) is 0 Å². The Morgan fingerprint density at radius 1 is 1.30 bits per heavy atom. The maximum Gasteiger partial charge on any atom is 0.298 e. The number of nitroso groups, excluding NO2 is 1. The highest BCUT2D eigenvalue weighted by Crippen LogP contribution is 2.34. The molecule has 0 atom stereocenters. The molecule has 0 saturated heterocycles. The van der Waals surface area contributed by atoms with Gasteiger partial charge >= 0.3 is 0 Å². The molecular formula is C14H11FN3O2+. The molecule has 0 saturated carbocycles. The molecule has 0 unspecified atom stereocenters. The molecule has 0 radical (unpaired) electrons. The zero-order valence-electron chi connectivity index (χ0n) is 10.6. The van der Waals surface area contributed by atoms with Crippen molar-refractivity contribution in [3.63, 3.8) is 0 Å². The molecular weight excluding hydrogens is 261 g/mol. The lowest BCUT2D eigenvalue weighted by Crippen LogP contribution is -1.95. The van der Waals surface area contributed by atoms with Crippen molar-refractivity contribution in [2.24, 2.45) is 0 Å². The van der Waals surface area contributed by atoms with E-state index in [-0.39, 0.29) is 0 Å². The van der Waals surface area contributed by atoms with E-state index in [0.29, 0.717) is 21.9 Å². The Morgan fingerprint density at radius 2 is 2.15 bits per heavy atom.